The van der Waals surface area contributed by atoms with Crippen molar-refractivity contribution in [3.05, 3.63) is 11.8 Å². The molecule has 3 N–H and O–H groups in total. The Morgan fingerprint density at radius 1 is 1.67 bits per heavy atom. The van der Waals surface area contributed by atoms with Crippen LogP contribution in [0.25, 0.3) is 0 Å². The number of nitrogens with one attached hydrogen (secondary N) is 2. The van der Waals surface area contributed by atoms with Gasteiger partial charge in [-0.2, -0.15) is 0 Å². The third-order valence-corrected chi connectivity index (χ3v) is 0.991. The fraction of sp³-hybridized carbons (Fsp3) is 0.400. The summed E-state index contributed by atoms with van der Waals surface area (Å²) in [6.07, 6.45) is 0.453. The highest BCUT2D eigenvalue weighted by molar-refractivity contribution is 5.88. The molecule has 0 saturated carbocycles. The van der Waals surface area contributed by atoms with Crippen LogP contribution in [-0.4, -0.2) is 17.4 Å². The molecule has 0 radical (unpaired) electrons. The number of carbonyl (C=O) groups is 1. The van der Waals surface area contributed by atoms with Crippen LogP contribution in [0.4, 0.5) is 0 Å². The summed E-state index contributed by atoms with van der Waals surface area (Å²) >= 11 is 0. The van der Waals surface area contributed by atoms with E-state index in [-0.39, 0.29) is 5.91 Å². The molecule has 4 heteroatoms. The first-order valence-electron chi connectivity index (χ1n) is 2.62. The fourth-order valence-electron chi connectivity index (χ4n) is 0.666. The molecular weight excluding hydrogens is 120 g/mol. The number of hydrogen-bond donors (Lipinski definition) is 3. The van der Waals surface area contributed by atoms with Gasteiger partial charge in [0.15, 0.2) is 0 Å². The summed E-state index contributed by atoms with van der Waals surface area (Å²) in [6, 6.07) is 0. The van der Waals surface area contributed by atoms with Crippen LogP contribution in [0, 0.1) is 0 Å². The molecule has 50 valence electrons. The van der Waals surface area contributed by atoms with Crippen LogP contribution >= 0.6 is 0 Å². The minimum atomic E-state index is -0.928. The summed E-state index contributed by atoms with van der Waals surface area (Å²) < 4.78 is 0. The maximum atomic E-state index is 10.5. The summed E-state index contributed by atoms with van der Waals surface area (Å²) in [5, 5.41) is 13.6. The van der Waals surface area contributed by atoms with Crippen LogP contribution in [0.15, 0.2) is 11.8 Å². The highest BCUT2D eigenvalue weighted by Gasteiger charge is 2.11. The van der Waals surface area contributed by atoms with Crippen LogP contribution in [-0.2, 0) is 4.79 Å². The van der Waals surface area contributed by atoms with E-state index >= 15 is 0 Å². The first-order valence-corrected chi connectivity index (χ1v) is 2.62. The van der Waals surface area contributed by atoms with Crippen molar-refractivity contribution in [2.24, 2.45) is 0 Å². The van der Waals surface area contributed by atoms with Crippen LogP contribution < -0.4 is 10.6 Å². The van der Waals surface area contributed by atoms with Crippen LogP contribution in [0.3, 0.4) is 0 Å². The second-order valence-corrected chi connectivity index (χ2v) is 1.88. The van der Waals surface area contributed by atoms with E-state index in [0.29, 0.717) is 5.70 Å². The normalized spacial score (nSPS) is 26.2. The van der Waals surface area contributed by atoms with Crippen molar-refractivity contribution >= 4 is 5.91 Å². The van der Waals surface area contributed by atoms with Gasteiger partial charge >= 0.3 is 0 Å². The maximum absolute atomic E-state index is 10.5. The molecule has 0 aromatic carbocycles. The third-order valence-electron chi connectivity index (χ3n) is 0.991. The molecule has 1 amide bonds. The molecule has 0 aromatic heterocycles. The van der Waals surface area contributed by atoms with Crippen molar-refractivity contribution in [2.75, 3.05) is 0 Å². The number of aliphatic hydroxyl groups is 1. The van der Waals surface area contributed by atoms with E-state index in [2.05, 4.69) is 10.6 Å². The Labute approximate surface area is 52.6 Å². The monoisotopic (exact) mass is 128 g/mol. The molecule has 1 heterocycles. The minimum absolute atomic E-state index is 0.265. The van der Waals surface area contributed by atoms with Crippen LogP contribution in [0.2, 0.25) is 0 Å². The molecule has 0 aromatic rings. The predicted molar refractivity (Wildman–Crippen MR) is 31.0 cm³/mol. The molecule has 1 aliphatic heterocycles. The zero-order chi connectivity index (χ0) is 6.85. The van der Waals surface area contributed by atoms with Gasteiger partial charge in [0.25, 0.3) is 0 Å². The summed E-state index contributed by atoms with van der Waals surface area (Å²) in [5.74, 6) is -0.265. The first kappa shape index (κ1) is 6.10. The molecule has 1 aliphatic rings. The summed E-state index contributed by atoms with van der Waals surface area (Å²) in [5.41, 5.74) is 0.672. The van der Waals surface area contributed by atoms with Gasteiger partial charge < -0.3 is 15.7 Å². The molecular formula is C5H8N2O2. The number of carbonyl (C=O) groups excluding carboxylic acids is 1. The lowest BCUT2D eigenvalue weighted by molar-refractivity contribution is -0.120. The van der Waals surface area contributed by atoms with E-state index in [9.17, 15) is 4.79 Å². The average molecular weight is 128 g/mol. The Kier molecular flexibility index (Phi) is 1.40. The Hall–Kier alpha value is -1.03. The van der Waals surface area contributed by atoms with Gasteiger partial charge in [-0.1, -0.05) is 0 Å². The van der Waals surface area contributed by atoms with Gasteiger partial charge in [0, 0.05) is 11.8 Å². The van der Waals surface area contributed by atoms with Crippen molar-refractivity contribution in [1.82, 2.24) is 10.6 Å². The summed E-state index contributed by atoms with van der Waals surface area (Å²) in [7, 11) is 0. The molecule has 0 aliphatic carbocycles. The highest BCUT2D eigenvalue weighted by Crippen LogP contribution is 1.92. The van der Waals surface area contributed by atoms with Gasteiger partial charge in [0.2, 0.25) is 12.3 Å². The Balaban J connectivity index is 2.67. The largest absolute Gasteiger partial charge is 0.356 e. The zero-order valence-electron chi connectivity index (χ0n) is 5.01. The lowest BCUT2D eigenvalue weighted by Crippen LogP contribution is -2.47. The molecule has 4 nitrogen and oxygen atoms in total. The van der Waals surface area contributed by atoms with Gasteiger partial charge in [-0.3, -0.25) is 4.79 Å². The summed E-state index contributed by atoms with van der Waals surface area (Å²) in [6.45, 7) is 1.71. The van der Waals surface area contributed by atoms with E-state index < -0.39 is 6.35 Å². The van der Waals surface area contributed by atoms with E-state index in [4.69, 9.17) is 5.11 Å². The molecule has 1 rings (SSSR count). The van der Waals surface area contributed by atoms with Gasteiger partial charge in [-0.25, -0.2) is 0 Å². The van der Waals surface area contributed by atoms with Crippen molar-refractivity contribution in [3.63, 3.8) is 0 Å². The predicted octanol–water partition coefficient (Wildman–Crippen LogP) is -1.11. The third kappa shape index (κ3) is 1.43. The summed E-state index contributed by atoms with van der Waals surface area (Å²) in [4.78, 5) is 10.5. The smallest absolute Gasteiger partial charge is 0.249 e. The van der Waals surface area contributed by atoms with Gasteiger partial charge in [0.1, 0.15) is 0 Å². The maximum Gasteiger partial charge on any atom is 0.249 e. The molecule has 0 bridgehead atoms. The molecule has 0 fully saturated rings. The molecule has 0 spiro atoms. The minimum Gasteiger partial charge on any atom is -0.356 e. The Bertz CT molecular complexity index is 164. The first-order chi connectivity index (χ1) is 4.18. The average Bonchev–Trinajstić information content (AvgIpc) is 1.59. The lowest BCUT2D eigenvalue weighted by atomic mass is 10.3. The van der Waals surface area contributed by atoms with Gasteiger partial charge in [0.05, 0.1) is 0 Å². The molecule has 1 atom stereocenters. The molecule has 9 heavy (non-hydrogen) atoms. The van der Waals surface area contributed by atoms with E-state index in [0.717, 1.165) is 0 Å². The van der Waals surface area contributed by atoms with E-state index in [1.54, 1.807) is 6.92 Å². The number of hydrogen-bond acceptors (Lipinski definition) is 3. The zero-order valence-corrected chi connectivity index (χ0v) is 5.01. The van der Waals surface area contributed by atoms with Crippen molar-refractivity contribution in [3.8, 4) is 0 Å². The number of allylic oxidation sites excluding steroid dienone is 1. The van der Waals surface area contributed by atoms with Crippen LogP contribution in [0.5, 0.6) is 0 Å². The second kappa shape index (κ2) is 2.06. The SMILES string of the molecule is CC1=CC(=O)NC(O)N1. The van der Waals surface area contributed by atoms with E-state index in [1.165, 1.54) is 6.08 Å². The van der Waals surface area contributed by atoms with E-state index in [1.807, 2.05) is 0 Å². The van der Waals surface area contributed by atoms with Gasteiger partial charge in [-0.15, -0.1) is 0 Å². The van der Waals surface area contributed by atoms with Crippen molar-refractivity contribution in [2.45, 2.75) is 13.3 Å². The molecule has 0 saturated heterocycles. The quantitative estimate of drug-likeness (QED) is 0.387. The topological polar surface area (TPSA) is 61.4 Å². The second-order valence-electron chi connectivity index (χ2n) is 1.88. The Morgan fingerprint density at radius 3 is 2.78 bits per heavy atom. The standard InChI is InChI=1S/C5H8N2O2/c1-3-2-4(8)7-5(9)6-3/h2,5-6,9H,1H3,(H,7,8). The number of aliphatic hydroxyl groups excluding tert-OH is 1. The Morgan fingerprint density at radius 2 is 2.33 bits per heavy atom. The van der Waals surface area contributed by atoms with Crippen LogP contribution in [0.1, 0.15) is 6.92 Å². The molecule has 1 unspecified atom stereocenters. The number of rotatable bonds is 0. The lowest BCUT2D eigenvalue weighted by Gasteiger charge is -2.19. The fourth-order valence-corrected chi connectivity index (χ4v) is 0.666. The van der Waals surface area contributed by atoms with Gasteiger partial charge in [-0.05, 0) is 6.92 Å². The van der Waals surface area contributed by atoms with Crippen molar-refractivity contribution < 1.29 is 9.90 Å². The highest BCUT2D eigenvalue weighted by atomic mass is 16.3. The van der Waals surface area contributed by atoms with Crippen molar-refractivity contribution in [1.29, 1.82) is 0 Å². The number of amides is 1.